The average molecular weight is 292 g/mol. The van der Waals surface area contributed by atoms with Crippen molar-refractivity contribution in [2.75, 3.05) is 13.6 Å². The molecule has 4 nitrogen and oxygen atoms in total. The van der Waals surface area contributed by atoms with Gasteiger partial charge in [-0.2, -0.15) is 0 Å². The lowest BCUT2D eigenvalue weighted by atomic mass is 9.93. The summed E-state index contributed by atoms with van der Waals surface area (Å²) < 4.78 is 13.4. The zero-order valence-electron chi connectivity index (χ0n) is 12.4. The Hall–Kier alpha value is -1.91. The standard InChI is InChI=1S/C16H21FN2O2/c1-3-4-8-18-16(21)13-10-14(20)19(2)15(13)11-6-5-7-12(17)9-11/h5-7,9,13,15H,3-4,8,10H2,1-2H3,(H,18,21). The number of nitrogens with zero attached hydrogens (tertiary/aromatic N) is 1. The van der Waals surface area contributed by atoms with E-state index in [9.17, 15) is 14.0 Å². The summed E-state index contributed by atoms with van der Waals surface area (Å²) >= 11 is 0. The van der Waals surface area contributed by atoms with E-state index >= 15 is 0 Å². The number of unbranched alkanes of at least 4 members (excludes halogenated alkanes) is 1. The van der Waals surface area contributed by atoms with Gasteiger partial charge in [0.15, 0.2) is 0 Å². The molecule has 2 rings (SSSR count). The first-order valence-corrected chi connectivity index (χ1v) is 7.33. The number of likely N-dealkylation sites (tertiary alicyclic amines) is 1. The van der Waals surface area contributed by atoms with Crippen molar-refractivity contribution >= 4 is 11.8 Å². The second-order valence-electron chi connectivity index (χ2n) is 5.46. The highest BCUT2D eigenvalue weighted by molar-refractivity contribution is 5.90. The topological polar surface area (TPSA) is 49.4 Å². The van der Waals surface area contributed by atoms with E-state index in [4.69, 9.17) is 0 Å². The molecule has 0 spiro atoms. The summed E-state index contributed by atoms with van der Waals surface area (Å²) in [5.74, 6) is -1.03. The van der Waals surface area contributed by atoms with Crippen LogP contribution in [0.3, 0.4) is 0 Å². The number of benzene rings is 1. The first-order valence-electron chi connectivity index (χ1n) is 7.33. The van der Waals surface area contributed by atoms with Crippen LogP contribution in [-0.2, 0) is 9.59 Å². The molecule has 2 atom stereocenters. The number of carbonyl (C=O) groups is 2. The van der Waals surface area contributed by atoms with Crippen molar-refractivity contribution in [1.82, 2.24) is 10.2 Å². The molecule has 1 aliphatic heterocycles. The molecule has 2 amide bonds. The molecule has 1 heterocycles. The van der Waals surface area contributed by atoms with Crippen molar-refractivity contribution < 1.29 is 14.0 Å². The molecular weight excluding hydrogens is 271 g/mol. The Kier molecular flexibility index (Phi) is 4.94. The van der Waals surface area contributed by atoms with Crippen LogP contribution in [-0.4, -0.2) is 30.3 Å². The third kappa shape index (κ3) is 3.40. The molecule has 1 saturated heterocycles. The number of rotatable bonds is 5. The molecule has 0 aliphatic carbocycles. The molecule has 5 heteroatoms. The van der Waals surface area contributed by atoms with Crippen molar-refractivity contribution in [2.24, 2.45) is 5.92 Å². The SMILES string of the molecule is CCCCNC(=O)C1CC(=O)N(C)C1c1cccc(F)c1. The lowest BCUT2D eigenvalue weighted by Crippen LogP contribution is -2.35. The van der Waals surface area contributed by atoms with E-state index in [1.807, 2.05) is 0 Å². The summed E-state index contributed by atoms with van der Waals surface area (Å²) in [5.41, 5.74) is 0.666. The first-order chi connectivity index (χ1) is 10.0. The van der Waals surface area contributed by atoms with Gasteiger partial charge >= 0.3 is 0 Å². The van der Waals surface area contributed by atoms with Crippen LogP contribution in [0.5, 0.6) is 0 Å². The van der Waals surface area contributed by atoms with Crippen molar-refractivity contribution in [2.45, 2.75) is 32.2 Å². The number of carbonyl (C=O) groups excluding carboxylic acids is 2. The largest absolute Gasteiger partial charge is 0.356 e. The minimum atomic E-state index is -0.457. The number of hydrogen-bond donors (Lipinski definition) is 1. The summed E-state index contributed by atoms with van der Waals surface area (Å²) in [5, 5.41) is 2.87. The predicted molar refractivity (Wildman–Crippen MR) is 77.9 cm³/mol. The lowest BCUT2D eigenvalue weighted by Gasteiger charge is -2.25. The summed E-state index contributed by atoms with van der Waals surface area (Å²) in [6, 6.07) is 5.72. The molecule has 0 aromatic heterocycles. The Morgan fingerprint density at radius 1 is 1.48 bits per heavy atom. The fourth-order valence-electron chi connectivity index (χ4n) is 2.77. The second-order valence-corrected chi connectivity index (χ2v) is 5.46. The van der Waals surface area contributed by atoms with Crippen LogP contribution < -0.4 is 5.32 Å². The molecule has 2 unspecified atom stereocenters. The quantitative estimate of drug-likeness (QED) is 0.846. The van der Waals surface area contributed by atoms with Gasteiger partial charge in [-0.1, -0.05) is 25.5 Å². The Bertz CT molecular complexity index is 533. The summed E-state index contributed by atoms with van der Waals surface area (Å²) in [7, 11) is 1.66. The van der Waals surface area contributed by atoms with E-state index in [-0.39, 0.29) is 24.1 Å². The highest BCUT2D eigenvalue weighted by Gasteiger charge is 2.42. The Morgan fingerprint density at radius 2 is 2.24 bits per heavy atom. The molecule has 0 radical (unpaired) electrons. The highest BCUT2D eigenvalue weighted by atomic mass is 19.1. The zero-order valence-corrected chi connectivity index (χ0v) is 12.4. The van der Waals surface area contributed by atoms with Gasteiger partial charge in [-0.3, -0.25) is 9.59 Å². The fraction of sp³-hybridized carbons (Fsp3) is 0.500. The van der Waals surface area contributed by atoms with Gasteiger partial charge in [0.25, 0.3) is 0 Å². The van der Waals surface area contributed by atoms with Gasteiger partial charge < -0.3 is 10.2 Å². The van der Waals surface area contributed by atoms with Gasteiger partial charge in [-0.15, -0.1) is 0 Å². The average Bonchev–Trinajstić information content (AvgIpc) is 2.75. The van der Waals surface area contributed by atoms with E-state index in [1.165, 1.54) is 12.1 Å². The van der Waals surface area contributed by atoms with E-state index in [0.29, 0.717) is 12.1 Å². The Morgan fingerprint density at radius 3 is 2.90 bits per heavy atom. The Balaban J connectivity index is 2.19. The van der Waals surface area contributed by atoms with Crippen molar-refractivity contribution in [3.8, 4) is 0 Å². The molecule has 1 N–H and O–H groups in total. The lowest BCUT2D eigenvalue weighted by molar-refractivity contribution is -0.128. The van der Waals surface area contributed by atoms with Gasteiger partial charge in [-0.05, 0) is 24.1 Å². The van der Waals surface area contributed by atoms with E-state index in [0.717, 1.165) is 12.8 Å². The van der Waals surface area contributed by atoms with Crippen molar-refractivity contribution in [3.05, 3.63) is 35.6 Å². The molecular formula is C16H21FN2O2. The minimum absolute atomic E-state index is 0.0834. The van der Waals surface area contributed by atoms with Crippen LogP contribution >= 0.6 is 0 Å². The first kappa shape index (κ1) is 15.5. The molecule has 1 aromatic carbocycles. The molecule has 114 valence electrons. The number of halogens is 1. The number of hydrogen-bond acceptors (Lipinski definition) is 2. The third-order valence-electron chi connectivity index (χ3n) is 3.94. The summed E-state index contributed by atoms with van der Waals surface area (Å²) in [4.78, 5) is 25.8. The summed E-state index contributed by atoms with van der Waals surface area (Å²) in [6.45, 7) is 2.66. The maximum absolute atomic E-state index is 13.4. The molecule has 1 aliphatic rings. The third-order valence-corrected chi connectivity index (χ3v) is 3.94. The molecule has 0 saturated carbocycles. The van der Waals surface area contributed by atoms with Gasteiger partial charge in [-0.25, -0.2) is 4.39 Å². The molecule has 0 bridgehead atoms. The number of nitrogens with one attached hydrogen (secondary N) is 1. The highest BCUT2D eigenvalue weighted by Crippen LogP contribution is 2.37. The van der Waals surface area contributed by atoms with Crippen LogP contribution in [0, 0.1) is 11.7 Å². The number of amides is 2. The van der Waals surface area contributed by atoms with Gasteiger partial charge in [0, 0.05) is 20.0 Å². The van der Waals surface area contributed by atoms with Crippen LogP contribution in [0.1, 0.15) is 37.8 Å². The van der Waals surface area contributed by atoms with Crippen LogP contribution in [0.2, 0.25) is 0 Å². The Labute approximate surface area is 124 Å². The van der Waals surface area contributed by atoms with Crippen LogP contribution in [0.15, 0.2) is 24.3 Å². The van der Waals surface area contributed by atoms with Crippen LogP contribution in [0.4, 0.5) is 4.39 Å². The van der Waals surface area contributed by atoms with E-state index in [1.54, 1.807) is 24.1 Å². The summed E-state index contributed by atoms with van der Waals surface area (Å²) in [6.07, 6.45) is 2.08. The van der Waals surface area contributed by atoms with Gasteiger partial charge in [0.05, 0.1) is 12.0 Å². The van der Waals surface area contributed by atoms with Crippen molar-refractivity contribution in [3.63, 3.8) is 0 Å². The van der Waals surface area contributed by atoms with Gasteiger partial charge in [0.2, 0.25) is 11.8 Å². The van der Waals surface area contributed by atoms with E-state index in [2.05, 4.69) is 12.2 Å². The minimum Gasteiger partial charge on any atom is -0.356 e. The van der Waals surface area contributed by atoms with Crippen LogP contribution in [0.25, 0.3) is 0 Å². The monoisotopic (exact) mass is 292 g/mol. The second kappa shape index (κ2) is 6.70. The normalized spacial score (nSPS) is 21.7. The fourth-order valence-corrected chi connectivity index (χ4v) is 2.77. The molecule has 1 fully saturated rings. The van der Waals surface area contributed by atoms with E-state index < -0.39 is 12.0 Å². The maximum atomic E-state index is 13.4. The van der Waals surface area contributed by atoms with Gasteiger partial charge in [0.1, 0.15) is 5.82 Å². The maximum Gasteiger partial charge on any atom is 0.226 e. The predicted octanol–water partition coefficient (Wildman–Crippen LogP) is 2.26. The smallest absolute Gasteiger partial charge is 0.226 e. The zero-order chi connectivity index (χ0) is 15.4. The van der Waals surface area contributed by atoms with Crippen molar-refractivity contribution in [1.29, 1.82) is 0 Å². The molecule has 21 heavy (non-hydrogen) atoms. The molecule has 1 aromatic rings.